The first-order valence-corrected chi connectivity index (χ1v) is 9.50. The molecule has 0 saturated carbocycles. The molecular weight excluding hydrogens is 362 g/mol. The lowest BCUT2D eigenvalue weighted by atomic mass is 10.1. The second-order valence-electron chi connectivity index (χ2n) is 6.77. The summed E-state index contributed by atoms with van der Waals surface area (Å²) in [6.45, 7) is 5.97. The van der Waals surface area contributed by atoms with Crippen LogP contribution in [-0.2, 0) is 9.53 Å². The van der Waals surface area contributed by atoms with Crippen molar-refractivity contribution in [3.63, 3.8) is 0 Å². The molecule has 0 spiro atoms. The first-order chi connectivity index (χ1) is 13.5. The third-order valence-electron chi connectivity index (χ3n) is 4.87. The predicted octanol–water partition coefficient (Wildman–Crippen LogP) is 0.923. The third kappa shape index (κ3) is 5.84. The molecule has 0 unspecified atom stereocenters. The van der Waals surface area contributed by atoms with Crippen LogP contribution in [0.1, 0.15) is 22.3 Å². The monoisotopic (exact) mass is 393 g/mol. The van der Waals surface area contributed by atoms with Crippen LogP contribution in [0, 0.1) is 6.92 Å². The Morgan fingerprint density at radius 3 is 2.18 bits per heavy atom. The molecule has 1 heterocycles. The standard InChI is InChI=1S/C20H31N3O5/c1-15-17(27-3)12-16(13-18(15)28-4)20(25)23-9-7-22(8-10-23)14-19(24)21-6-5-11-26-2/h12-13H,5-11,14H2,1-4H3,(H,21,24). The zero-order valence-corrected chi connectivity index (χ0v) is 17.2. The molecule has 1 aliphatic rings. The number of amides is 2. The van der Waals surface area contributed by atoms with Crippen LogP contribution >= 0.6 is 0 Å². The van der Waals surface area contributed by atoms with Crippen molar-refractivity contribution >= 4 is 11.8 Å². The lowest BCUT2D eigenvalue weighted by molar-refractivity contribution is -0.122. The number of nitrogens with zero attached hydrogens (tertiary/aromatic N) is 2. The van der Waals surface area contributed by atoms with E-state index in [9.17, 15) is 9.59 Å². The fourth-order valence-electron chi connectivity index (χ4n) is 3.20. The van der Waals surface area contributed by atoms with Crippen molar-refractivity contribution in [2.75, 3.05) is 67.2 Å². The number of benzene rings is 1. The van der Waals surface area contributed by atoms with Crippen LogP contribution in [0.2, 0.25) is 0 Å². The molecule has 28 heavy (non-hydrogen) atoms. The van der Waals surface area contributed by atoms with E-state index in [0.29, 0.717) is 62.9 Å². The molecule has 0 bridgehead atoms. The van der Waals surface area contributed by atoms with E-state index in [4.69, 9.17) is 14.2 Å². The first-order valence-electron chi connectivity index (χ1n) is 9.50. The number of carbonyl (C=O) groups is 2. The van der Waals surface area contributed by atoms with Crippen LogP contribution in [0.3, 0.4) is 0 Å². The topological polar surface area (TPSA) is 80.3 Å². The summed E-state index contributed by atoms with van der Waals surface area (Å²) in [6, 6.07) is 3.50. The molecule has 0 aromatic heterocycles. The molecule has 1 aliphatic heterocycles. The molecule has 2 rings (SSSR count). The van der Waals surface area contributed by atoms with Gasteiger partial charge in [0.15, 0.2) is 0 Å². The molecule has 8 heteroatoms. The van der Waals surface area contributed by atoms with Crippen molar-refractivity contribution < 1.29 is 23.8 Å². The van der Waals surface area contributed by atoms with Gasteiger partial charge in [0.25, 0.3) is 5.91 Å². The maximum Gasteiger partial charge on any atom is 0.254 e. The largest absolute Gasteiger partial charge is 0.496 e. The van der Waals surface area contributed by atoms with Crippen molar-refractivity contribution in [3.8, 4) is 11.5 Å². The van der Waals surface area contributed by atoms with E-state index < -0.39 is 0 Å². The van der Waals surface area contributed by atoms with Crippen LogP contribution in [-0.4, -0.2) is 88.8 Å². The number of methoxy groups -OCH3 is 3. The smallest absolute Gasteiger partial charge is 0.254 e. The molecule has 8 nitrogen and oxygen atoms in total. The third-order valence-corrected chi connectivity index (χ3v) is 4.87. The van der Waals surface area contributed by atoms with Gasteiger partial charge in [-0.15, -0.1) is 0 Å². The number of carbonyl (C=O) groups excluding carboxylic acids is 2. The summed E-state index contributed by atoms with van der Waals surface area (Å²) in [7, 11) is 4.80. The zero-order chi connectivity index (χ0) is 20.5. The fourth-order valence-corrected chi connectivity index (χ4v) is 3.20. The Morgan fingerprint density at radius 1 is 1.04 bits per heavy atom. The minimum absolute atomic E-state index is 0.00360. The Morgan fingerprint density at radius 2 is 1.64 bits per heavy atom. The van der Waals surface area contributed by atoms with Gasteiger partial charge in [0.1, 0.15) is 11.5 Å². The Balaban J connectivity index is 1.87. The summed E-state index contributed by atoms with van der Waals surface area (Å²) in [4.78, 5) is 28.7. The minimum Gasteiger partial charge on any atom is -0.496 e. The van der Waals surface area contributed by atoms with Gasteiger partial charge in [-0.3, -0.25) is 14.5 Å². The normalized spacial score (nSPS) is 14.6. The van der Waals surface area contributed by atoms with Crippen molar-refractivity contribution in [3.05, 3.63) is 23.3 Å². The summed E-state index contributed by atoms with van der Waals surface area (Å²) < 4.78 is 15.7. The minimum atomic E-state index is -0.0553. The van der Waals surface area contributed by atoms with Gasteiger partial charge < -0.3 is 24.4 Å². The van der Waals surface area contributed by atoms with Crippen LogP contribution < -0.4 is 14.8 Å². The SMILES string of the molecule is COCCCNC(=O)CN1CCN(C(=O)c2cc(OC)c(C)c(OC)c2)CC1. The van der Waals surface area contributed by atoms with Gasteiger partial charge in [-0.1, -0.05) is 0 Å². The Bertz CT molecular complexity index is 647. The number of nitrogens with one attached hydrogen (secondary N) is 1. The summed E-state index contributed by atoms with van der Waals surface area (Å²) in [6.07, 6.45) is 0.800. The van der Waals surface area contributed by atoms with Crippen molar-refractivity contribution in [1.29, 1.82) is 0 Å². The van der Waals surface area contributed by atoms with Gasteiger partial charge in [0, 0.05) is 57.6 Å². The van der Waals surface area contributed by atoms with Gasteiger partial charge >= 0.3 is 0 Å². The highest BCUT2D eigenvalue weighted by atomic mass is 16.5. The van der Waals surface area contributed by atoms with E-state index in [1.807, 2.05) is 6.92 Å². The Labute approximate surface area is 166 Å². The fraction of sp³-hybridized carbons (Fsp3) is 0.600. The predicted molar refractivity (Wildman–Crippen MR) is 106 cm³/mol. The van der Waals surface area contributed by atoms with Gasteiger partial charge in [-0.2, -0.15) is 0 Å². The van der Waals surface area contributed by atoms with Gasteiger partial charge in [0.2, 0.25) is 5.91 Å². The number of ether oxygens (including phenoxy) is 3. The van der Waals surface area contributed by atoms with Crippen molar-refractivity contribution in [2.24, 2.45) is 0 Å². The first kappa shape index (κ1) is 22.0. The number of piperazine rings is 1. The highest BCUT2D eigenvalue weighted by Gasteiger charge is 2.24. The Kier molecular flexibility index (Phi) is 8.53. The second-order valence-corrected chi connectivity index (χ2v) is 6.77. The summed E-state index contributed by atoms with van der Waals surface area (Å²) >= 11 is 0. The quantitative estimate of drug-likeness (QED) is 0.629. The molecule has 0 aliphatic carbocycles. The van der Waals surface area contributed by atoms with Crippen molar-refractivity contribution in [2.45, 2.75) is 13.3 Å². The molecular formula is C20H31N3O5. The lowest BCUT2D eigenvalue weighted by Crippen LogP contribution is -2.51. The van der Waals surface area contributed by atoms with Crippen LogP contribution in [0.5, 0.6) is 11.5 Å². The maximum absolute atomic E-state index is 12.9. The number of rotatable bonds is 9. The average Bonchev–Trinajstić information content (AvgIpc) is 2.71. The molecule has 0 radical (unpaired) electrons. The van der Waals surface area contributed by atoms with Gasteiger partial charge in [-0.25, -0.2) is 0 Å². The molecule has 156 valence electrons. The molecule has 1 fully saturated rings. The zero-order valence-electron chi connectivity index (χ0n) is 17.2. The molecule has 1 N–H and O–H groups in total. The lowest BCUT2D eigenvalue weighted by Gasteiger charge is -2.34. The van der Waals surface area contributed by atoms with Crippen LogP contribution in [0.15, 0.2) is 12.1 Å². The van der Waals surface area contributed by atoms with E-state index in [1.54, 1.807) is 38.4 Å². The van der Waals surface area contributed by atoms with E-state index in [2.05, 4.69) is 10.2 Å². The maximum atomic E-state index is 12.9. The van der Waals surface area contributed by atoms with E-state index in [0.717, 1.165) is 12.0 Å². The van der Waals surface area contributed by atoms with Gasteiger partial charge in [0.05, 0.1) is 20.8 Å². The van der Waals surface area contributed by atoms with Gasteiger partial charge in [-0.05, 0) is 25.5 Å². The molecule has 1 aromatic rings. The van der Waals surface area contributed by atoms with Crippen LogP contribution in [0.25, 0.3) is 0 Å². The highest BCUT2D eigenvalue weighted by molar-refractivity contribution is 5.95. The molecule has 1 aromatic carbocycles. The van der Waals surface area contributed by atoms with E-state index >= 15 is 0 Å². The number of hydrogen-bond donors (Lipinski definition) is 1. The summed E-state index contributed by atoms with van der Waals surface area (Å²) in [5.74, 6) is 1.21. The Hall–Kier alpha value is -2.32. The average molecular weight is 393 g/mol. The van der Waals surface area contributed by atoms with Crippen molar-refractivity contribution in [1.82, 2.24) is 15.1 Å². The second kappa shape index (κ2) is 10.9. The van der Waals surface area contributed by atoms with E-state index in [-0.39, 0.29) is 11.8 Å². The number of hydrogen-bond acceptors (Lipinski definition) is 6. The molecule has 2 amide bonds. The molecule has 1 saturated heterocycles. The summed E-state index contributed by atoms with van der Waals surface area (Å²) in [5.41, 5.74) is 1.41. The summed E-state index contributed by atoms with van der Waals surface area (Å²) in [5, 5.41) is 2.89. The van der Waals surface area contributed by atoms with Crippen LogP contribution in [0.4, 0.5) is 0 Å². The van der Waals surface area contributed by atoms with E-state index in [1.165, 1.54) is 0 Å². The highest BCUT2D eigenvalue weighted by Crippen LogP contribution is 2.30. The molecule has 0 atom stereocenters.